The molecular weight excluding hydrogens is 328 g/mol. The predicted octanol–water partition coefficient (Wildman–Crippen LogP) is 3.05. The lowest BCUT2D eigenvalue weighted by molar-refractivity contribution is -0.122. The average Bonchev–Trinajstić information content (AvgIpc) is 3.40. The van der Waals surface area contributed by atoms with E-state index in [0.717, 1.165) is 12.1 Å². The summed E-state index contributed by atoms with van der Waals surface area (Å²) in [4.78, 5) is 24.2. The lowest BCUT2D eigenvalue weighted by Crippen LogP contribution is -2.21. The largest absolute Gasteiger partial charge is 0.326 e. The van der Waals surface area contributed by atoms with Crippen molar-refractivity contribution >= 4 is 23.2 Å². The van der Waals surface area contributed by atoms with Gasteiger partial charge in [0.15, 0.2) is 0 Å². The van der Waals surface area contributed by atoms with Crippen molar-refractivity contribution in [2.24, 2.45) is 11.8 Å². The van der Waals surface area contributed by atoms with E-state index >= 15 is 0 Å². The summed E-state index contributed by atoms with van der Waals surface area (Å²) in [6, 6.07) is 11.6. The van der Waals surface area contributed by atoms with E-state index in [4.69, 9.17) is 5.26 Å². The Kier molecular flexibility index (Phi) is 4.44. The molecule has 0 radical (unpaired) electrons. The molecule has 0 heterocycles. The number of carbonyl (C=O) groups is 2. The number of para-hydroxylation sites is 1. The molecule has 3 rings (SSSR count). The molecule has 0 bridgehead atoms. The fourth-order valence-corrected chi connectivity index (χ4v) is 2.47. The maximum Gasteiger partial charge on any atom is 0.228 e. The summed E-state index contributed by atoms with van der Waals surface area (Å²) in [6.45, 7) is 0. The molecule has 0 aromatic heterocycles. The molecule has 2 aromatic rings. The molecule has 2 unspecified atom stereocenters. The highest BCUT2D eigenvalue weighted by molar-refractivity contribution is 6.03. The minimum atomic E-state index is -0.868. The van der Waals surface area contributed by atoms with Crippen LogP contribution in [0.3, 0.4) is 0 Å². The summed E-state index contributed by atoms with van der Waals surface area (Å²) in [5, 5.41) is 13.6. The molecule has 0 aliphatic heterocycles. The first-order chi connectivity index (χ1) is 12.0. The van der Waals surface area contributed by atoms with Gasteiger partial charge in [0.1, 0.15) is 17.3 Å². The Bertz CT molecular complexity index is 855. The van der Waals surface area contributed by atoms with Gasteiger partial charge in [-0.15, -0.1) is 0 Å². The molecule has 1 fully saturated rings. The van der Waals surface area contributed by atoms with E-state index in [1.165, 1.54) is 6.07 Å². The number of carbonyl (C=O) groups excluding carboxylic acids is 2. The number of hydrogen-bond donors (Lipinski definition) is 2. The van der Waals surface area contributed by atoms with E-state index < -0.39 is 35.1 Å². The molecule has 2 atom stereocenters. The van der Waals surface area contributed by atoms with Gasteiger partial charge in [-0.1, -0.05) is 6.07 Å². The van der Waals surface area contributed by atoms with E-state index in [9.17, 15) is 18.4 Å². The lowest BCUT2D eigenvalue weighted by atomic mass is 10.2. The van der Waals surface area contributed by atoms with Crippen LogP contribution >= 0.6 is 0 Å². The summed E-state index contributed by atoms with van der Waals surface area (Å²) >= 11 is 0. The molecule has 2 aromatic carbocycles. The third kappa shape index (κ3) is 3.63. The van der Waals surface area contributed by atoms with Crippen LogP contribution in [0, 0.1) is 34.8 Å². The van der Waals surface area contributed by atoms with Gasteiger partial charge in [0.25, 0.3) is 0 Å². The lowest BCUT2D eigenvalue weighted by Gasteiger charge is -2.08. The van der Waals surface area contributed by atoms with E-state index in [1.807, 2.05) is 6.07 Å². The minimum absolute atomic E-state index is 0.310. The number of hydrogen-bond acceptors (Lipinski definition) is 3. The standard InChI is InChI=1S/C18H13F2N3O2/c19-14-2-1-3-15(20)16(14)23-18(25)13-8-12(13)17(24)22-11-6-4-10(9-21)5-7-11/h1-7,12-13H,8H2,(H,22,24)(H,23,25). The minimum Gasteiger partial charge on any atom is -0.326 e. The Morgan fingerprint density at radius 2 is 1.52 bits per heavy atom. The third-order valence-corrected chi connectivity index (χ3v) is 3.96. The number of nitriles is 1. The van der Waals surface area contributed by atoms with E-state index in [-0.39, 0.29) is 5.91 Å². The van der Waals surface area contributed by atoms with Gasteiger partial charge in [0, 0.05) is 5.69 Å². The molecule has 1 saturated carbocycles. The van der Waals surface area contributed by atoms with Gasteiger partial charge in [0.05, 0.1) is 23.5 Å². The summed E-state index contributed by atoms with van der Waals surface area (Å²) < 4.78 is 27.1. The quantitative estimate of drug-likeness (QED) is 0.897. The zero-order valence-corrected chi connectivity index (χ0v) is 12.9. The van der Waals surface area contributed by atoms with Crippen LogP contribution in [0.25, 0.3) is 0 Å². The van der Waals surface area contributed by atoms with Crippen molar-refractivity contribution in [3.05, 3.63) is 59.7 Å². The van der Waals surface area contributed by atoms with Gasteiger partial charge in [-0.25, -0.2) is 8.78 Å². The number of halogens is 2. The summed E-state index contributed by atoms with van der Waals surface area (Å²) in [5.74, 6) is -3.86. The first kappa shape index (κ1) is 16.6. The second-order valence-corrected chi connectivity index (χ2v) is 5.71. The number of rotatable bonds is 4. The fourth-order valence-electron chi connectivity index (χ4n) is 2.47. The van der Waals surface area contributed by atoms with Crippen LogP contribution in [0.1, 0.15) is 12.0 Å². The number of amides is 2. The Morgan fingerprint density at radius 1 is 0.960 bits per heavy atom. The maximum absolute atomic E-state index is 13.5. The van der Waals surface area contributed by atoms with E-state index in [2.05, 4.69) is 10.6 Å². The van der Waals surface area contributed by atoms with Gasteiger partial charge >= 0.3 is 0 Å². The van der Waals surface area contributed by atoms with Crippen molar-refractivity contribution in [3.8, 4) is 6.07 Å². The molecule has 0 spiro atoms. The van der Waals surface area contributed by atoms with Crippen LogP contribution in [-0.4, -0.2) is 11.8 Å². The molecule has 2 N–H and O–H groups in total. The van der Waals surface area contributed by atoms with Gasteiger partial charge in [0.2, 0.25) is 11.8 Å². The molecule has 2 amide bonds. The van der Waals surface area contributed by atoms with E-state index in [0.29, 0.717) is 17.7 Å². The predicted molar refractivity (Wildman–Crippen MR) is 86.4 cm³/mol. The van der Waals surface area contributed by atoms with Gasteiger partial charge in [-0.05, 0) is 42.8 Å². The first-order valence-electron chi connectivity index (χ1n) is 7.55. The monoisotopic (exact) mass is 341 g/mol. The highest BCUT2D eigenvalue weighted by Gasteiger charge is 2.48. The SMILES string of the molecule is N#Cc1ccc(NC(=O)C2CC2C(=O)Nc2c(F)cccc2F)cc1. The Morgan fingerprint density at radius 3 is 2.08 bits per heavy atom. The highest BCUT2D eigenvalue weighted by atomic mass is 19.1. The molecular formula is C18H13F2N3O2. The molecule has 5 nitrogen and oxygen atoms in total. The van der Waals surface area contributed by atoms with E-state index in [1.54, 1.807) is 24.3 Å². The Hall–Kier alpha value is -3.27. The molecule has 1 aliphatic rings. The van der Waals surface area contributed by atoms with Crippen molar-refractivity contribution in [2.45, 2.75) is 6.42 Å². The average molecular weight is 341 g/mol. The van der Waals surface area contributed by atoms with Crippen molar-refractivity contribution in [1.82, 2.24) is 0 Å². The Balaban J connectivity index is 1.59. The van der Waals surface area contributed by atoms with Crippen molar-refractivity contribution < 1.29 is 18.4 Å². The van der Waals surface area contributed by atoms with Gasteiger partial charge < -0.3 is 10.6 Å². The zero-order chi connectivity index (χ0) is 18.0. The molecule has 1 aliphatic carbocycles. The molecule has 25 heavy (non-hydrogen) atoms. The second kappa shape index (κ2) is 6.69. The number of benzene rings is 2. The maximum atomic E-state index is 13.5. The van der Waals surface area contributed by atoms with Crippen LogP contribution < -0.4 is 10.6 Å². The van der Waals surface area contributed by atoms with Gasteiger partial charge in [-0.2, -0.15) is 5.26 Å². The smallest absolute Gasteiger partial charge is 0.228 e. The molecule has 126 valence electrons. The summed E-state index contributed by atoms with van der Waals surface area (Å²) in [7, 11) is 0. The van der Waals surface area contributed by atoms with Crippen molar-refractivity contribution in [2.75, 3.05) is 10.6 Å². The normalized spacial score (nSPS) is 18.1. The van der Waals surface area contributed by atoms with Crippen LogP contribution in [0.2, 0.25) is 0 Å². The fraction of sp³-hybridized carbons (Fsp3) is 0.167. The van der Waals surface area contributed by atoms with Crippen LogP contribution in [-0.2, 0) is 9.59 Å². The summed E-state index contributed by atoms with van der Waals surface area (Å²) in [5.41, 5.74) is 0.467. The zero-order valence-electron chi connectivity index (χ0n) is 12.9. The topological polar surface area (TPSA) is 82.0 Å². The number of anilines is 2. The second-order valence-electron chi connectivity index (χ2n) is 5.71. The number of nitrogens with one attached hydrogen (secondary N) is 2. The number of nitrogens with zero attached hydrogens (tertiary/aromatic N) is 1. The van der Waals surface area contributed by atoms with Crippen LogP contribution in [0.5, 0.6) is 0 Å². The molecule has 0 saturated heterocycles. The summed E-state index contributed by atoms with van der Waals surface area (Å²) in [6.07, 6.45) is 0.310. The Labute approximate surface area is 142 Å². The van der Waals surface area contributed by atoms with Crippen LogP contribution in [0.15, 0.2) is 42.5 Å². The highest BCUT2D eigenvalue weighted by Crippen LogP contribution is 2.40. The third-order valence-electron chi connectivity index (χ3n) is 3.96. The van der Waals surface area contributed by atoms with Gasteiger partial charge in [-0.3, -0.25) is 9.59 Å². The van der Waals surface area contributed by atoms with Crippen LogP contribution in [0.4, 0.5) is 20.2 Å². The van der Waals surface area contributed by atoms with Crippen molar-refractivity contribution in [1.29, 1.82) is 5.26 Å². The molecule has 7 heteroatoms. The first-order valence-corrected chi connectivity index (χ1v) is 7.55. The van der Waals surface area contributed by atoms with Crippen molar-refractivity contribution in [3.63, 3.8) is 0 Å².